The molecule has 4 N–H and O–H groups in total. The van der Waals surface area contributed by atoms with Crippen LogP contribution in [0.5, 0.6) is 5.75 Å². The number of hydrogen-bond donors (Lipinski definition) is 4. The molecule has 0 unspecified atom stereocenters. The van der Waals surface area contributed by atoms with Crippen molar-refractivity contribution in [1.82, 2.24) is 10.6 Å². The molecule has 0 radical (unpaired) electrons. The maximum atomic E-state index is 11.6. The molecule has 0 spiro atoms. The minimum atomic E-state index is -0.593. The van der Waals surface area contributed by atoms with Crippen LogP contribution in [0.2, 0.25) is 0 Å². The van der Waals surface area contributed by atoms with Crippen LogP contribution in [-0.4, -0.2) is 36.2 Å². The Morgan fingerprint density at radius 3 is 2.59 bits per heavy atom. The van der Waals surface area contributed by atoms with Crippen molar-refractivity contribution < 1.29 is 24.2 Å². The van der Waals surface area contributed by atoms with Gasteiger partial charge in [0, 0.05) is 18.2 Å². The lowest BCUT2D eigenvalue weighted by Gasteiger charge is -2.13. The quantitative estimate of drug-likeness (QED) is 0.578. The molecule has 120 valence electrons. The Morgan fingerprint density at radius 1 is 1.23 bits per heavy atom. The molecule has 0 aliphatic rings. The van der Waals surface area contributed by atoms with Crippen molar-refractivity contribution in [3.8, 4) is 5.75 Å². The minimum Gasteiger partial charge on any atom is -0.508 e. The van der Waals surface area contributed by atoms with Crippen molar-refractivity contribution in [3.05, 3.63) is 23.8 Å². The van der Waals surface area contributed by atoms with Gasteiger partial charge in [0.15, 0.2) is 0 Å². The molecule has 0 aliphatic heterocycles. The Hall–Kier alpha value is -2.77. The average Bonchev–Trinajstić information content (AvgIpc) is 2.44. The van der Waals surface area contributed by atoms with Gasteiger partial charge in [0.1, 0.15) is 12.3 Å². The second-order valence-electron chi connectivity index (χ2n) is 4.33. The van der Waals surface area contributed by atoms with Crippen LogP contribution < -0.4 is 16.0 Å². The average molecular weight is 309 g/mol. The van der Waals surface area contributed by atoms with Crippen LogP contribution in [0, 0.1) is 0 Å². The molecule has 8 nitrogen and oxygen atoms in total. The van der Waals surface area contributed by atoms with Crippen molar-refractivity contribution in [3.63, 3.8) is 0 Å². The van der Waals surface area contributed by atoms with Crippen LogP contribution in [0.25, 0.3) is 0 Å². The lowest BCUT2D eigenvalue weighted by Crippen LogP contribution is -2.38. The summed E-state index contributed by atoms with van der Waals surface area (Å²) < 4.78 is 4.67. The molecule has 0 saturated carbocycles. The molecule has 1 aromatic rings. The van der Waals surface area contributed by atoms with E-state index in [1.807, 2.05) is 0 Å². The Morgan fingerprint density at radius 2 is 1.95 bits per heavy atom. The van der Waals surface area contributed by atoms with Crippen LogP contribution in [0.4, 0.5) is 10.5 Å². The smallest absolute Gasteiger partial charge is 0.325 e. The fourth-order valence-corrected chi connectivity index (χ4v) is 1.66. The van der Waals surface area contributed by atoms with Crippen molar-refractivity contribution in [2.75, 3.05) is 18.5 Å². The molecule has 0 bridgehead atoms. The third kappa shape index (κ3) is 5.70. The molecule has 8 heteroatoms. The maximum Gasteiger partial charge on any atom is 0.325 e. The third-order valence-corrected chi connectivity index (χ3v) is 2.59. The van der Waals surface area contributed by atoms with Gasteiger partial charge in [-0.05, 0) is 19.1 Å². The second-order valence-corrected chi connectivity index (χ2v) is 4.33. The van der Waals surface area contributed by atoms with E-state index in [1.54, 1.807) is 19.1 Å². The standard InChI is InChI=1S/C14H19N3O5/c1-3-22-13(20)8-16-14(21)15-7-10-11(17-9(2)18)5-4-6-12(10)19/h4-6,19H,3,7-8H2,1-2H3,(H,17,18)(H2,15,16,21). The number of aromatic hydroxyl groups is 1. The molecule has 0 heterocycles. The van der Waals surface area contributed by atoms with Crippen LogP contribution in [0.1, 0.15) is 19.4 Å². The van der Waals surface area contributed by atoms with Crippen LogP contribution >= 0.6 is 0 Å². The minimum absolute atomic E-state index is 0.0169. The van der Waals surface area contributed by atoms with Crippen molar-refractivity contribution in [2.45, 2.75) is 20.4 Å². The highest BCUT2D eigenvalue weighted by molar-refractivity contribution is 5.90. The van der Waals surface area contributed by atoms with Gasteiger partial charge < -0.3 is 25.8 Å². The normalized spacial score (nSPS) is 9.73. The predicted molar refractivity (Wildman–Crippen MR) is 79.3 cm³/mol. The first kappa shape index (κ1) is 17.3. The van der Waals surface area contributed by atoms with Crippen LogP contribution in [0.3, 0.4) is 0 Å². The summed E-state index contributed by atoms with van der Waals surface area (Å²) in [6.45, 7) is 2.98. The molecule has 1 aromatic carbocycles. The lowest BCUT2D eigenvalue weighted by molar-refractivity contribution is -0.141. The van der Waals surface area contributed by atoms with E-state index in [1.165, 1.54) is 13.0 Å². The van der Waals surface area contributed by atoms with E-state index in [9.17, 15) is 19.5 Å². The van der Waals surface area contributed by atoms with Gasteiger partial charge in [-0.15, -0.1) is 0 Å². The number of phenolic OH excluding ortho intramolecular Hbond substituents is 1. The Labute approximate surface area is 127 Å². The zero-order chi connectivity index (χ0) is 16.5. The summed E-state index contributed by atoms with van der Waals surface area (Å²) in [5.74, 6) is -0.894. The number of amides is 3. The van der Waals surface area contributed by atoms with E-state index in [-0.39, 0.29) is 31.4 Å². The Bertz CT molecular complexity index is 559. The van der Waals surface area contributed by atoms with Crippen LogP contribution in [-0.2, 0) is 20.9 Å². The van der Waals surface area contributed by atoms with E-state index in [4.69, 9.17) is 0 Å². The van der Waals surface area contributed by atoms with E-state index in [0.717, 1.165) is 0 Å². The number of anilines is 1. The number of ether oxygens (including phenoxy) is 1. The Kier molecular flexibility index (Phi) is 6.68. The number of nitrogens with one attached hydrogen (secondary N) is 3. The fraction of sp³-hybridized carbons (Fsp3) is 0.357. The number of carbonyl (C=O) groups excluding carboxylic acids is 3. The molecule has 3 amide bonds. The van der Waals surface area contributed by atoms with Gasteiger partial charge in [-0.3, -0.25) is 9.59 Å². The van der Waals surface area contributed by atoms with Gasteiger partial charge in [-0.1, -0.05) is 6.07 Å². The van der Waals surface area contributed by atoms with E-state index < -0.39 is 12.0 Å². The summed E-state index contributed by atoms with van der Waals surface area (Å²) >= 11 is 0. The molecule has 0 fully saturated rings. The van der Waals surface area contributed by atoms with Gasteiger partial charge in [0.25, 0.3) is 0 Å². The van der Waals surface area contributed by atoms with Crippen LogP contribution in [0.15, 0.2) is 18.2 Å². The van der Waals surface area contributed by atoms with Gasteiger partial charge in [-0.2, -0.15) is 0 Å². The van der Waals surface area contributed by atoms with Crippen molar-refractivity contribution in [1.29, 1.82) is 0 Å². The molecular weight excluding hydrogens is 290 g/mol. The Balaban J connectivity index is 2.58. The predicted octanol–water partition coefficient (Wildman–Crippen LogP) is 0.713. The van der Waals surface area contributed by atoms with Crippen molar-refractivity contribution in [2.24, 2.45) is 0 Å². The van der Waals surface area contributed by atoms with E-state index in [0.29, 0.717) is 11.3 Å². The first-order chi connectivity index (χ1) is 10.4. The number of phenols is 1. The SMILES string of the molecule is CCOC(=O)CNC(=O)NCc1c(O)cccc1NC(C)=O. The van der Waals surface area contributed by atoms with E-state index in [2.05, 4.69) is 20.7 Å². The molecule has 0 atom stereocenters. The molecule has 22 heavy (non-hydrogen) atoms. The zero-order valence-electron chi connectivity index (χ0n) is 12.4. The lowest BCUT2D eigenvalue weighted by atomic mass is 10.1. The van der Waals surface area contributed by atoms with Gasteiger partial charge in [-0.25, -0.2) is 4.79 Å². The van der Waals surface area contributed by atoms with Gasteiger partial charge in [0.2, 0.25) is 5.91 Å². The first-order valence-electron chi connectivity index (χ1n) is 6.69. The number of benzene rings is 1. The summed E-state index contributed by atoms with van der Waals surface area (Å²) in [5, 5.41) is 17.2. The summed E-state index contributed by atoms with van der Waals surface area (Å²) in [6.07, 6.45) is 0. The largest absolute Gasteiger partial charge is 0.508 e. The number of urea groups is 1. The van der Waals surface area contributed by atoms with E-state index >= 15 is 0 Å². The van der Waals surface area contributed by atoms with Gasteiger partial charge in [0.05, 0.1) is 13.2 Å². The molecular formula is C14H19N3O5. The molecule has 0 aromatic heterocycles. The number of hydrogen-bond acceptors (Lipinski definition) is 5. The third-order valence-electron chi connectivity index (χ3n) is 2.59. The highest BCUT2D eigenvalue weighted by Gasteiger charge is 2.11. The zero-order valence-corrected chi connectivity index (χ0v) is 12.4. The summed E-state index contributed by atoms with van der Waals surface area (Å²) in [7, 11) is 0. The molecule has 0 aliphatic carbocycles. The van der Waals surface area contributed by atoms with Gasteiger partial charge >= 0.3 is 12.0 Å². The highest BCUT2D eigenvalue weighted by atomic mass is 16.5. The number of rotatable bonds is 6. The topological polar surface area (TPSA) is 117 Å². The summed E-state index contributed by atoms with van der Waals surface area (Å²) in [6, 6.07) is 4.03. The molecule has 0 saturated heterocycles. The molecule has 1 rings (SSSR count). The van der Waals surface area contributed by atoms with Crippen molar-refractivity contribution >= 4 is 23.6 Å². The number of esters is 1. The second kappa shape index (κ2) is 8.50. The summed E-state index contributed by atoms with van der Waals surface area (Å²) in [5.41, 5.74) is 0.766. The summed E-state index contributed by atoms with van der Waals surface area (Å²) in [4.78, 5) is 33.8. The monoisotopic (exact) mass is 309 g/mol. The number of carbonyl (C=O) groups is 3. The highest BCUT2D eigenvalue weighted by Crippen LogP contribution is 2.25. The maximum absolute atomic E-state index is 11.6. The fourth-order valence-electron chi connectivity index (χ4n) is 1.66. The first-order valence-corrected chi connectivity index (χ1v) is 6.69.